The molecule has 0 saturated carbocycles. The number of hydrogen-bond acceptors (Lipinski definition) is 4. The number of halogens is 3. The average Bonchev–Trinajstić information content (AvgIpc) is 2.48. The molecule has 1 heterocycles. The molecular formula is C14H27F3N2O2. The fourth-order valence-corrected chi connectivity index (χ4v) is 1.23. The normalized spacial score (nSPS) is 17.6. The molecule has 0 bridgehead atoms. The Bertz CT molecular complexity index is 327. The van der Waals surface area contributed by atoms with E-state index in [-0.39, 0.29) is 6.04 Å². The second-order valence-corrected chi connectivity index (χ2v) is 4.24. The highest BCUT2D eigenvalue weighted by molar-refractivity contribution is 5.91. The first-order valence-corrected chi connectivity index (χ1v) is 7.00. The van der Waals surface area contributed by atoms with Crippen molar-refractivity contribution in [2.75, 3.05) is 20.8 Å². The topological polar surface area (TPSA) is 43.2 Å². The van der Waals surface area contributed by atoms with Crippen molar-refractivity contribution in [3.63, 3.8) is 0 Å². The number of hydrogen-bond donors (Lipinski definition) is 0. The van der Waals surface area contributed by atoms with E-state index in [1.807, 2.05) is 13.8 Å². The van der Waals surface area contributed by atoms with E-state index in [4.69, 9.17) is 9.47 Å². The third kappa shape index (κ3) is 10.1. The highest BCUT2D eigenvalue weighted by Gasteiger charge is 2.24. The molecule has 126 valence electrons. The molecule has 0 spiro atoms. The maximum absolute atomic E-state index is 10.8. The molecule has 7 heteroatoms. The zero-order valence-corrected chi connectivity index (χ0v) is 13.9. The smallest absolute Gasteiger partial charge is 0.388 e. The van der Waals surface area contributed by atoms with Gasteiger partial charge in [-0.05, 0) is 5.92 Å². The van der Waals surface area contributed by atoms with Crippen LogP contribution in [-0.4, -0.2) is 44.8 Å². The lowest BCUT2D eigenvalue weighted by Crippen LogP contribution is -2.32. The van der Waals surface area contributed by atoms with E-state index in [0.717, 1.165) is 6.92 Å². The lowest BCUT2D eigenvalue weighted by Gasteiger charge is -2.22. The van der Waals surface area contributed by atoms with Crippen molar-refractivity contribution in [2.24, 2.45) is 15.9 Å². The van der Waals surface area contributed by atoms with Crippen LogP contribution < -0.4 is 0 Å². The first kappa shape index (κ1) is 22.0. The summed E-state index contributed by atoms with van der Waals surface area (Å²) in [6.07, 6.45) is -4.69. The molecule has 1 unspecified atom stereocenters. The molecule has 0 amide bonds. The summed E-state index contributed by atoms with van der Waals surface area (Å²) in [4.78, 5) is 8.63. The molecule has 4 nitrogen and oxygen atoms in total. The summed E-state index contributed by atoms with van der Waals surface area (Å²) in [5.74, 6) is 1.76. The fraction of sp³-hybridized carbons (Fsp3) is 0.857. The SMILES string of the molecule is CC.CCC(F)(F)F.COC1=NC(C(C)C)C(OC)=NC1. The van der Waals surface area contributed by atoms with E-state index in [1.165, 1.54) is 0 Å². The first-order valence-electron chi connectivity index (χ1n) is 7.00. The van der Waals surface area contributed by atoms with Crippen LogP contribution in [-0.2, 0) is 9.47 Å². The van der Waals surface area contributed by atoms with Gasteiger partial charge in [0.1, 0.15) is 12.6 Å². The largest absolute Gasteiger partial charge is 0.483 e. The summed E-state index contributed by atoms with van der Waals surface area (Å²) in [5.41, 5.74) is 0. The van der Waals surface area contributed by atoms with Gasteiger partial charge in [0.05, 0.1) is 14.2 Å². The maximum Gasteiger partial charge on any atom is 0.388 e. The van der Waals surface area contributed by atoms with Crippen molar-refractivity contribution in [1.82, 2.24) is 0 Å². The van der Waals surface area contributed by atoms with Gasteiger partial charge in [-0.2, -0.15) is 13.2 Å². The molecule has 0 aromatic heterocycles. The molecule has 0 saturated heterocycles. The standard InChI is InChI=1S/C9H16N2O2.C3H5F3.C2H6/c1-6(2)8-9(13-4)10-5-7(11-8)12-3;1-2-3(4,5)6;1-2/h6,8H,5H2,1-4H3;2H2,1H3;1-2H3. The van der Waals surface area contributed by atoms with Crippen LogP contribution in [0.5, 0.6) is 0 Å². The monoisotopic (exact) mass is 312 g/mol. The van der Waals surface area contributed by atoms with Crippen molar-refractivity contribution >= 4 is 11.8 Å². The molecular weight excluding hydrogens is 285 g/mol. The molecule has 1 aliphatic heterocycles. The molecule has 0 radical (unpaired) electrons. The Balaban J connectivity index is 0. The number of ether oxygens (including phenoxy) is 2. The lowest BCUT2D eigenvalue weighted by molar-refractivity contribution is -0.130. The molecule has 0 aliphatic carbocycles. The minimum absolute atomic E-state index is 0.00806. The molecule has 0 fully saturated rings. The zero-order chi connectivity index (χ0) is 17.1. The number of methoxy groups -OCH3 is 2. The third-order valence-electron chi connectivity index (χ3n) is 2.38. The number of alkyl halides is 3. The summed E-state index contributed by atoms with van der Waals surface area (Å²) < 4.78 is 42.6. The molecule has 1 rings (SSSR count). The van der Waals surface area contributed by atoms with Gasteiger partial charge in [0.25, 0.3) is 0 Å². The summed E-state index contributed by atoms with van der Waals surface area (Å²) >= 11 is 0. The summed E-state index contributed by atoms with van der Waals surface area (Å²) in [6.45, 7) is 9.74. The molecule has 0 N–H and O–H groups in total. The van der Waals surface area contributed by atoms with Crippen molar-refractivity contribution in [3.05, 3.63) is 0 Å². The van der Waals surface area contributed by atoms with E-state index < -0.39 is 12.6 Å². The molecule has 21 heavy (non-hydrogen) atoms. The Morgan fingerprint density at radius 2 is 1.67 bits per heavy atom. The van der Waals surface area contributed by atoms with E-state index in [0.29, 0.717) is 24.3 Å². The predicted molar refractivity (Wildman–Crippen MR) is 80.1 cm³/mol. The van der Waals surface area contributed by atoms with Gasteiger partial charge in [-0.1, -0.05) is 34.6 Å². The number of nitrogens with zero attached hydrogens (tertiary/aromatic N) is 2. The van der Waals surface area contributed by atoms with Crippen LogP contribution in [0.3, 0.4) is 0 Å². The van der Waals surface area contributed by atoms with Crippen molar-refractivity contribution in [1.29, 1.82) is 0 Å². The molecule has 1 aliphatic rings. The fourth-order valence-electron chi connectivity index (χ4n) is 1.23. The first-order chi connectivity index (χ1) is 9.75. The average molecular weight is 312 g/mol. The Morgan fingerprint density at radius 3 is 1.95 bits per heavy atom. The summed E-state index contributed by atoms with van der Waals surface area (Å²) in [7, 11) is 3.24. The van der Waals surface area contributed by atoms with E-state index in [2.05, 4.69) is 23.8 Å². The Kier molecular flexibility index (Phi) is 11.9. The van der Waals surface area contributed by atoms with Crippen LogP contribution in [0.4, 0.5) is 13.2 Å². The van der Waals surface area contributed by atoms with Crippen molar-refractivity contribution in [3.8, 4) is 0 Å². The van der Waals surface area contributed by atoms with Crippen LogP contribution in [0.25, 0.3) is 0 Å². The highest BCUT2D eigenvalue weighted by Crippen LogP contribution is 2.17. The van der Waals surface area contributed by atoms with Gasteiger partial charge < -0.3 is 9.47 Å². The minimum Gasteiger partial charge on any atom is -0.483 e. The summed E-state index contributed by atoms with van der Waals surface area (Å²) in [6, 6.07) is 0.00806. The van der Waals surface area contributed by atoms with Gasteiger partial charge in [-0.15, -0.1) is 0 Å². The minimum atomic E-state index is -3.96. The number of aliphatic imine (C=N–C) groups is 2. The highest BCUT2D eigenvalue weighted by atomic mass is 19.4. The van der Waals surface area contributed by atoms with Crippen LogP contribution >= 0.6 is 0 Å². The van der Waals surface area contributed by atoms with Crippen molar-refractivity contribution < 1.29 is 22.6 Å². The maximum atomic E-state index is 10.8. The van der Waals surface area contributed by atoms with Gasteiger partial charge >= 0.3 is 6.18 Å². The molecule has 0 aromatic carbocycles. The van der Waals surface area contributed by atoms with E-state index in [9.17, 15) is 13.2 Å². The predicted octanol–water partition coefficient (Wildman–Crippen LogP) is 4.10. The molecule has 0 aromatic rings. The lowest BCUT2D eigenvalue weighted by atomic mass is 10.0. The third-order valence-corrected chi connectivity index (χ3v) is 2.38. The Labute approximate surface area is 125 Å². The van der Waals surface area contributed by atoms with Gasteiger partial charge in [-0.25, -0.2) is 9.98 Å². The Hall–Kier alpha value is -1.27. The molecule has 1 atom stereocenters. The van der Waals surface area contributed by atoms with Crippen molar-refractivity contribution in [2.45, 2.75) is 53.3 Å². The van der Waals surface area contributed by atoms with Crippen LogP contribution in [0, 0.1) is 5.92 Å². The van der Waals surface area contributed by atoms with Gasteiger partial charge in [0.15, 0.2) is 0 Å². The zero-order valence-electron chi connectivity index (χ0n) is 13.9. The van der Waals surface area contributed by atoms with Crippen LogP contribution in [0.15, 0.2) is 9.98 Å². The van der Waals surface area contributed by atoms with Gasteiger partial charge in [0.2, 0.25) is 11.8 Å². The number of rotatable bonds is 1. The van der Waals surface area contributed by atoms with Gasteiger partial charge in [-0.3, -0.25) is 0 Å². The summed E-state index contributed by atoms with van der Waals surface area (Å²) in [5, 5.41) is 0. The Morgan fingerprint density at radius 1 is 1.19 bits per heavy atom. The van der Waals surface area contributed by atoms with Crippen LogP contribution in [0.1, 0.15) is 41.0 Å². The van der Waals surface area contributed by atoms with E-state index in [1.54, 1.807) is 14.2 Å². The van der Waals surface area contributed by atoms with E-state index >= 15 is 0 Å². The van der Waals surface area contributed by atoms with Crippen LogP contribution in [0.2, 0.25) is 0 Å². The van der Waals surface area contributed by atoms with Gasteiger partial charge in [0, 0.05) is 6.42 Å². The second kappa shape index (κ2) is 11.4. The second-order valence-electron chi connectivity index (χ2n) is 4.24. The quantitative estimate of drug-likeness (QED) is 0.731.